The first-order valence-corrected chi connectivity index (χ1v) is 8.49. The molecule has 1 aromatic heterocycles. The lowest BCUT2D eigenvalue weighted by atomic mass is 10.2. The number of aromatic nitrogens is 2. The quantitative estimate of drug-likeness (QED) is 0.824. The van der Waals surface area contributed by atoms with Crippen LogP contribution in [0.25, 0.3) is 0 Å². The summed E-state index contributed by atoms with van der Waals surface area (Å²) in [5, 5.41) is 17.8. The number of ether oxygens (including phenoxy) is 1. The number of rotatable bonds is 6. The lowest BCUT2D eigenvalue weighted by molar-refractivity contribution is 0.0969. The predicted octanol–water partition coefficient (Wildman–Crippen LogP) is 1.24. The number of carbonyl (C=O) groups is 1. The lowest BCUT2D eigenvalue weighted by Gasteiger charge is -2.21. The van der Waals surface area contributed by atoms with E-state index in [9.17, 15) is 9.90 Å². The van der Waals surface area contributed by atoms with Gasteiger partial charge in [-0.25, -0.2) is 4.79 Å². The van der Waals surface area contributed by atoms with Gasteiger partial charge in [0.25, 0.3) is 0 Å². The van der Waals surface area contributed by atoms with Gasteiger partial charge in [-0.05, 0) is 18.6 Å². The monoisotopic (exact) mass is 344 g/mol. The number of aliphatic hydroxyl groups is 1. The maximum absolute atomic E-state index is 12.2. The topological polar surface area (TPSA) is 79.6 Å². The number of amides is 1. The zero-order valence-corrected chi connectivity index (χ0v) is 14.3. The molecule has 0 radical (unpaired) electrons. The molecular weight excluding hydrogens is 320 g/mol. The second-order valence-electron chi connectivity index (χ2n) is 6.41. The van der Waals surface area contributed by atoms with Crippen molar-refractivity contribution in [3.05, 3.63) is 54.4 Å². The summed E-state index contributed by atoms with van der Waals surface area (Å²) in [7, 11) is 0. The highest BCUT2D eigenvalue weighted by atomic mass is 16.6. The molecule has 3 rings (SSSR count). The Morgan fingerprint density at radius 3 is 2.88 bits per heavy atom. The fourth-order valence-electron chi connectivity index (χ4n) is 3.02. The van der Waals surface area contributed by atoms with E-state index in [1.807, 2.05) is 54.2 Å². The molecule has 1 amide bonds. The smallest absolute Gasteiger partial charge is 0.410 e. The zero-order chi connectivity index (χ0) is 17.6. The van der Waals surface area contributed by atoms with Crippen molar-refractivity contribution < 1.29 is 14.6 Å². The molecular formula is C18H24N4O3. The summed E-state index contributed by atoms with van der Waals surface area (Å²) in [5.41, 5.74) is 0.943. The number of likely N-dealkylation sites (tertiary alicyclic amines) is 1. The van der Waals surface area contributed by atoms with Crippen molar-refractivity contribution in [2.24, 2.45) is 0 Å². The molecule has 2 aromatic rings. The molecule has 1 saturated heterocycles. The van der Waals surface area contributed by atoms with Crippen molar-refractivity contribution in [3.63, 3.8) is 0 Å². The molecule has 0 saturated carbocycles. The number of nitrogens with zero attached hydrogens (tertiary/aromatic N) is 3. The number of β-amino-alcohol motifs (C(OH)–C–C–N with tert-alkyl or cyclic N) is 1. The highest BCUT2D eigenvalue weighted by molar-refractivity contribution is 5.68. The Kier molecular flexibility index (Phi) is 5.67. The molecule has 1 fully saturated rings. The summed E-state index contributed by atoms with van der Waals surface area (Å²) in [6, 6.07) is 11.4. The minimum absolute atomic E-state index is 0.125. The molecule has 2 N–H and O–H groups in total. The van der Waals surface area contributed by atoms with Crippen LogP contribution in [0.5, 0.6) is 0 Å². The summed E-state index contributed by atoms with van der Waals surface area (Å²) in [5.74, 6) is 0. The Labute approximate surface area is 147 Å². The van der Waals surface area contributed by atoms with E-state index in [0.29, 0.717) is 13.1 Å². The maximum atomic E-state index is 12.2. The van der Waals surface area contributed by atoms with Gasteiger partial charge in [0.05, 0.1) is 25.2 Å². The van der Waals surface area contributed by atoms with Gasteiger partial charge in [-0.15, -0.1) is 0 Å². The number of benzene rings is 1. The first kappa shape index (κ1) is 17.4. The second-order valence-corrected chi connectivity index (χ2v) is 6.41. The Morgan fingerprint density at radius 2 is 2.16 bits per heavy atom. The first-order valence-electron chi connectivity index (χ1n) is 8.49. The van der Waals surface area contributed by atoms with Crippen LogP contribution in [0.4, 0.5) is 4.79 Å². The molecule has 3 atom stereocenters. The standard InChI is InChI=1S/C18H24N4O3/c1-14(10-22-9-5-8-19-22)20-16-11-21(12-17(16)23)18(24)25-13-15-6-3-2-4-7-15/h2-9,14,16-17,20,23H,10-13H2,1H3/t14?,16?,17-/m1/s1. The molecule has 2 unspecified atom stereocenters. The maximum Gasteiger partial charge on any atom is 0.410 e. The van der Waals surface area contributed by atoms with Crippen LogP contribution in [0, 0.1) is 0 Å². The predicted molar refractivity (Wildman–Crippen MR) is 92.8 cm³/mol. The molecule has 25 heavy (non-hydrogen) atoms. The van der Waals surface area contributed by atoms with Crippen LogP contribution in [-0.2, 0) is 17.9 Å². The van der Waals surface area contributed by atoms with Crippen LogP contribution in [0.3, 0.4) is 0 Å². The summed E-state index contributed by atoms with van der Waals surface area (Å²) >= 11 is 0. The Balaban J connectivity index is 1.46. The highest BCUT2D eigenvalue weighted by Crippen LogP contribution is 2.13. The van der Waals surface area contributed by atoms with Gasteiger partial charge in [-0.2, -0.15) is 5.10 Å². The summed E-state index contributed by atoms with van der Waals surface area (Å²) in [4.78, 5) is 13.8. The number of hydrogen-bond acceptors (Lipinski definition) is 5. The number of hydrogen-bond donors (Lipinski definition) is 2. The van der Waals surface area contributed by atoms with Gasteiger partial charge in [0.1, 0.15) is 6.61 Å². The van der Waals surface area contributed by atoms with E-state index < -0.39 is 12.2 Å². The van der Waals surface area contributed by atoms with Gasteiger partial charge in [0.15, 0.2) is 0 Å². The SMILES string of the molecule is CC(Cn1cccn1)NC1CN(C(=O)OCc2ccccc2)C[C@H]1O. The lowest BCUT2D eigenvalue weighted by Crippen LogP contribution is -2.45. The third-order valence-corrected chi connectivity index (χ3v) is 4.27. The van der Waals surface area contributed by atoms with Gasteiger partial charge in [0.2, 0.25) is 0 Å². The molecule has 1 aromatic carbocycles. The highest BCUT2D eigenvalue weighted by Gasteiger charge is 2.35. The van der Waals surface area contributed by atoms with Gasteiger partial charge in [0, 0.05) is 25.0 Å². The largest absolute Gasteiger partial charge is 0.445 e. The third-order valence-electron chi connectivity index (χ3n) is 4.27. The van der Waals surface area contributed by atoms with Gasteiger partial charge in [-0.1, -0.05) is 30.3 Å². The van der Waals surface area contributed by atoms with Gasteiger partial charge < -0.3 is 20.1 Å². The van der Waals surface area contributed by atoms with Crippen LogP contribution in [-0.4, -0.2) is 57.2 Å². The summed E-state index contributed by atoms with van der Waals surface area (Å²) in [6.45, 7) is 3.68. The molecule has 0 bridgehead atoms. The normalized spacial score (nSPS) is 21.3. The first-order chi connectivity index (χ1) is 12.1. The average molecular weight is 344 g/mol. The van der Waals surface area contributed by atoms with E-state index in [-0.39, 0.29) is 25.2 Å². The van der Waals surface area contributed by atoms with Gasteiger partial charge >= 0.3 is 6.09 Å². The second kappa shape index (κ2) is 8.13. The molecule has 1 aliphatic rings. The molecule has 0 spiro atoms. The van der Waals surface area contributed by atoms with Crippen LogP contribution in [0.1, 0.15) is 12.5 Å². The van der Waals surface area contributed by atoms with Crippen LogP contribution < -0.4 is 5.32 Å². The van der Waals surface area contributed by atoms with Crippen LogP contribution in [0.2, 0.25) is 0 Å². The molecule has 1 aliphatic heterocycles. The molecule has 7 heteroatoms. The number of nitrogens with one attached hydrogen (secondary N) is 1. The van der Waals surface area contributed by atoms with E-state index in [2.05, 4.69) is 10.4 Å². The Morgan fingerprint density at radius 1 is 1.36 bits per heavy atom. The minimum atomic E-state index is -0.607. The van der Waals surface area contributed by atoms with Crippen molar-refractivity contribution in [1.82, 2.24) is 20.0 Å². The molecule has 0 aliphatic carbocycles. The molecule has 134 valence electrons. The Hall–Kier alpha value is -2.38. The fraction of sp³-hybridized carbons (Fsp3) is 0.444. The Bertz CT molecular complexity index is 662. The zero-order valence-electron chi connectivity index (χ0n) is 14.3. The fourth-order valence-corrected chi connectivity index (χ4v) is 3.02. The van der Waals surface area contributed by atoms with Gasteiger partial charge in [-0.3, -0.25) is 4.68 Å². The van der Waals surface area contributed by atoms with E-state index in [1.54, 1.807) is 11.1 Å². The van der Waals surface area contributed by atoms with Crippen molar-refractivity contribution in [2.75, 3.05) is 13.1 Å². The van der Waals surface area contributed by atoms with Crippen LogP contribution >= 0.6 is 0 Å². The third kappa shape index (κ3) is 4.80. The molecule has 7 nitrogen and oxygen atoms in total. The van der Waals surface area contributed by atoms with Crippen molar-refractivity contribution in [3.8, 4) is 0 Å². The van der Waals surface area contributed by atoms with Crippen LogP contribution in [0.15, 0.2) is 48.8 Å². The average Bonchev–Trinajstić information content (AvgIpc) is 3.24. The van der Waals surface area contributed by atoms with E-state index >= 15 is 0 Å². The number of aliphatic hydroxyl groups excluding tert-OH is 1. The number of carbonyl (C=O) groups excluding carboxylic acids is 1. The minimum Gasteiger partial charge on any atom is -0.445 e. The summed E-state index contributed by atoms with van der Waals surface area (Å²) in [6.07, 6.45) is 2.63. The van der Waals surface area contributed by atoms with E-state index in [4.69, 9.17) is 4.74 Å². The molecule has 2 heterocycles. The summed E-state index contributed by atoms with van der Waals surface area (Å²) < 4.78 is 7.17. The van der Waals surface area contributed by atoms with Crippen molar-refractivity contribution in [1.29, 1.82) is 0 Å². The van der Waals surface area contributed by atoms with E-state index in [1.165, 1.54) is 0 Å². The van der Waals surface area contributed by atoms with Crippen molar-refractivity contribution in [2.45, 2.75) is 38.3 Å². The van der Waals surface area contributed by atoms with E-state index in [0.717, 1.165) is 5.56 Å². The van der Waals surface area contributed by atoms with Crippen molar-refractivity contribution >= 4 is 6.09 Å².